The molecule has 0 spiro atoms. The summed E-state index contributed by atoms with van der Waals surface area (Å²) < 4.78 is 0. The number of hydrogen-bond donors (Lipinski definition) is 1. The van der Waals surface area contributed by atoms with Gasteiger partial charge in [0, 0.05) is 0 Å². The van der Waals surface area contributed by atoms with Crippen molar-refractivity contribution in [2.45, 2.75) is 0 Å². The van der Waals surface area contributed by atoms with E-state index in [2.05, 4.69) is 0 Å². The molecule has 0 atom stereocenters. The molecule has 5 nitrogen and oxygen atoms in total. The van der Waals surface area contributed by atoms with Crippen LogP contribution in [0, 0.1) is 0 Å². The fourth-order valence-corrected chi connectivity index (χ4v) is 3.35. The summed E-state index contributed by atoms with van der Waals surface area (Å²) in [4.78, 5) is 36.9. The number of hydrogen-bond acceptors (Lipinski definition) is 3. The van der Waals surface area contributed by atoms with Crippen molar-refractivity contribution in [3.8, 4) is 0 Å². The molecule has 0 saturated heterocycles. The molecule has 24 heavy (non-hydrogen) atoms. The Kier molecular flexibility index (Phi) is 4.21. The predicted octanol–water partition coefficient (Wildman–Crippen LogP) is 4.80. The number of aromatic carboxylic acids is 1. The highest BCUT2D eigenvalue weighted by Gasteiger charge is 2.42. The van der Waals surface area contributed by atoms with Gasteiger partial charge in [-0.25, -0.2) is 9.69 Å². The van der Waals surface area contributed by atoms with Crippen molar-refractivity contribution >= 4 is 69.9 Å². The summed E-state index contributed by atoms with van der Waals surface area (Å²) in [6, 6.07) is 5.20. The van der Waals surface area contributed by atoms with Gasteiger partial charge in [-0.05, 0) is 24.3 Å². The van der Waals surface area contributed by atoms with E-state index >= 15 is 0 Å². The van der Waals surface area contributed by atoms with E-state index in [1.807, 2.05) is 0 Å². The zero-order valence-electron chi connectivity index (χ0n) is 11.4. The second kappa shape index (κ2) is 5.93. The second-order valence-electron chi connectivity index (χ2n) is 4.80. The van der Waals surface area contributed by atoms with Crippen LogP contribution in [0.25, 0.3) is 0 Å². The molecule has 9 heteroatoms. The molecule has 2 aromatic carbocycles. The van der Waals surface area contributed by atoms with E-state index in [9.17, 15) is 14.4 Å². The minimum Gasteiger partial charge on any atom is -0.478 e. The Balaban J connectivity index is 2.16. The Morgan fingerprint density at radius 3 is 1.58 bits per heavy atom. The summed E-state index contributed by atoms with van der Waals surface area (Å²) in [7, 11) is 0. The van der Waals surface area contributed by atoms with Gasteiger partial charge in [0.1, 0.15) is 0 Å². The Morgan fingerprint density at radius 1 is 0.792 bits per heavy atom. The van der Waals surface area contributed by atoms with Gasteiger partial charge in [-0.15, -0.1) is 0 Å². The first-order valence-electron chi connectivity index (χ1n) is 6.33. The Morgan fingerprint density at radius 2 is 1.21 bits per heavy atom. The molecule has 0 unspecified atom stereocenters. The SMILES string of the molecule is O=C(O)c1ccc(N2C(=O)c3c(Cl)c(Cl)c(Cl)c(Cl)c3C2=O)cc1. The van der Waals surface area contributed by atoms with Crippen LogP contribution in [0.4, 0.5) is 5.69 Å². The van der Waals surface area contributed by atoms with Gasteiger partial charge in [-0.2, -0.15) is 0 Å². The van der Waals surface area contributed by atoms with Crippen molar-refractivity contribution in [3.63, 3.8) is 0 Å². The molecule has 2 aromatic rings. The maximum atomic E-state index is 12.6. The third kappa shape index (κ3) is 2.36. The van der Waals surface area contributed by atoms with Crippen molar-refractivity contribution in [2.24, 2.45) is 0 Å². The van der Waals surface area contributed by atoms with Crippen LogP contribution in [-0.4, -0.2) is 22.9 Å². The van der Waals surface area contributed by atoms with E-state index in [0.29, 0.717) is 0 Å². The quantitative estimate of drug-likeness (QED) is 0.443. The van der Waals surface area contributed by atoms with Gasteiger partial charge in [-0.3, -0.25) is 9.59 Å². The van der Waals surface area contributed by atoms with Gasteiger partial charge >= 0.3 is 5.97 Å². The molecule has 122 valence electrons. The molecule has 0 bridgehead atoms. The summed E-state index contributed by atoms with van der Waals surface area (Å²) in [5.41, 5.74) is -0.0881. The van der Waals surface area contributed by atoms with Crippen molar-refractivity contribution in [1.29, 1.82) is 0 Å². The lowest BCUT2D eigenvalue weighted by molar-refractivity contribution is 0.0696. The topological polar surface area (TPSA) is 74.7 Å². The number of anilines is 1. The predicted molar refractivity (Wildman–Crippen MR) is 91.0 cm³/mol. The first kappa shape index (κ1) is 17.0. The second-order valence-corrected chi connectivity index (χ2v) is 6.32. The number of fused-ring (bicyclic) bond motifs is 1. The Labute approximate surface area is 155 Å². The Bertz CT molecular complexity index is 877. The molecule has 1 N–H and O–H groups in total. The van der Waals surface area contributed by atoms with Crippen LogP contribution in [0.5, 0.6) is 0 Å². The summed E-state index contributed by atoms with van der Waals surface area (Å²) in [5, 5.41) is 8.35. The molecule has 0 aliphatic carbocycles. The third-order valence-corrected chi connectivity index (χ3v) is 5.28. The minimum atomic E-state index is -1.13. The lowest BCUT2D eigenvalue weighted by Crippen LogP contribution is -2.29. The molecule has 0 saturated carbocycles. The summed E-state index contributed by atoms with van der Waals surface area (Å²) in [6.45, 7) is 0. The number of carbonyl (C=O) groups excluding carboxylic acids is 2. The fraction of sp³-hybridized carbons (Fsp3) is 0. The van der Waals surface area contributed by atoms with Crippen LogP contribution < -0.4 is 4.90 Å². The highest BCUT2D eigenvalue weighted by Crippen LogP contribution is 2.45. The lowest BCUT2D eigenvalue weighted by Gasteiger charge is -2.13. The zero-order valence-corrected chi connectivity index (χ0v) is 14.5. The number of carboxylic acid groups (broad SMARTS) is 1. The molecule has 0 radical (unpaired) electrons. The first-order valence-corrected chi connectivity index (χ1v) is 7.85. The van der Waals surface area contributed by atoms with Gasteiger partial charge in [0.2, 0.25) is 0 Å². The molecule has 2 amide bonds. The van der Waals surface area contributed by atoms with E-state index in [1.54, 1.807) is 0 Å². The molecule has 1 aliphatic heterocycles. The zero-order chi connectivity index (χ0) is 17.8. The van der Waals surface area contributed by atoms with Gasteiger partial charge in [0.05, 0.1) is 42.5 Å². The summed E-state index contributed by atoms with van der Waals surface area (Å²) in [6.07, 6.45) is 0. The highest BCUT2D eigenvalue weighted by atomic mass is 35.5. The summed E-state index contributed by atoms with van der Waals surface area (Å²) in [5.74, 6) is -2.57. The molecular weight excluding hydrogens is 400 g/mol. The highest BCUT2D eigenvalue weighted by molar-refractivity contribution is 6.56. The van der Waals surface area contributed by atoms with Crippen LogP contribution in [0.3, 0.4) is 0 Å². The van der Waals surface area contributed by atoms with Gasteiger partial charge in [0.15, 0.2) is 0 Å². The van der Waals surface area contributed by atoms with Gasteiger partial charge in [-0.1, -0.05) is 46.4 Å². The Hall–Kier alpha value is -1.79. The maximum absolute atomic E-state index is 12.6. The summed E-state index contributed by atoms with van der Waals surface area (Å²) >= 11 is 24.0. The number of imide groups is 1. The van der Waals surface area contributed by atoms with E-state index in [-0.39, 0.29) is 42.5 Å². The number of carbonyl (C=O) groups is 3. The number of halogens is 4. The minimum absolute atomic E-state index is 0.0116. The monoisotopic (exact) mass is 403 g/mol. The van der Waals surface area contributed by atoms with E-state index in [1.165, 1.54) is 24.3 Å². The molecule has 0 aromatic heterocycles. The number of rotatable bonds is 2. The normalized spacial score (nSPS) is 13.4. The average molecular weight is 405 g/mol. The number of nitrogens with zero attached hydrogens (tertiary/aromatic N) is 1. The van der Waals surface area contributed by atoms with Gasteiger partial charge in [0.25, 0.3) is 11.8 Å². The fourth-order valence-electron chi connectivity index (χ4n) is 2.34. The van der Waals surface area contributed by atoms with Crippen LogP contribution in [0.15, 0.2) is 24.3 Å². The molecule has 0 fully saturated rings. The van der Waals surface area contributed by atoms with E-state index in [4.69, 9.17) is 51.5 Å². The number of amides is 2. The molecule has 1 heterocycles. The van der Waals surface area contributed by atoms with Crippen molar-refractivity contribution < 1.29 is 19.5 Å². The van der Waals surface area contributed by atoms with Crippen LogP contribution in [0.2, 0.25) is 20.1 Å². The first-order chi connectivity index (χ1) is 11.3. The van der Waals surface area contributed by atoms with Crippen LogP contribution >= 0.6 is 46.4 Å². The molecular formula is C15H5Cl4NO4. The van der Waals surface area contributed by atoms with Crippen LogP contribution in [0.1, 0.15) is 31.1 Å². The molecule has 3 rings (SSSR count). The van der Waals surface area contributed by atoms with Crippen molar-refractivity contribution in [3.05, 3.63) is 61.0 Å². The lowest BCUT2D eigenvalue weighted by atomic mass is 10.1. The largest absolute Gasteiger partial charge is 0.478 e. The number of carboxylic acids is 1. The average Bonchev–Trinajstić information content (AvgIpc) is 2.82. The van der Waals surface area contributed by atoms with Gasteiger partial charge < -0.3 is 5.11 Å². The van der Waals surface area contributed by atoms with E-state index in [0.717, 1.165) is 4.90 Å². The van der Waals surface area contributed by atoms with Crippen molar-refractivity contribution in [2.75, 3.05) is 4.90 Å². The maximum Gasteiger partial charge on any atom is 0.335 e. The van der Waals surface area contributed by atoms with E-state index < -0.39 is 17.8 Å². The van der Waals surface area contributed by atoms with Crippen LogP contribution in [-0.2, 0) is 0 Å². The number of benzene rings is 2. The standard InChI is InChI=1S/C15H5Cl4NO4/c16-9-7-8(10(17)12(19)11(9)18)14(22)20(13(7)21)6-3-1-5(2-4-6)15(23)24/h1-4H,(H,23,24). The smallest absolute Gasteiger partial charge is 0.335 e. The third-order valence-electron chi connectivity index (χ3n) is 3.47. The molecule has 1 aliphatic rings. The van der Waals surface area contributed by atoms with Crippen molar-refractivity contribution in [1.82, 2.24) is 0 Å².